The van der Waals surface area contributed by atoms with Gasteiger partial charge in [0.25, 0.3) is 5.19 Å². The van der Waals surface area contributed by atoms with Crippen LogP contribution in [-0.4, -0.2) is 43.3 Å². The van der Waals surface area contributed by atoms with Gasteiger partial charge in [0, 0.05) is 37.2 Å². The highest BCUT2D eigenvalue weighted by Crippen LogP contribution is 2.38. The smallest absolute Gasteiger partial charge is 0.294 e. The highest BCUT2D eigenvalue weighted by molar-refractivity contribution is 7.16. The molecular weight excluding hydrogens is 398 g/mol. The Labute approximate surface area is 180 Å². The number of aryl methyl sites for hydroxylation is 1. The van der Waals surface area contributed by atoms with Gasteiger partial charge >= 0.3 is 0 Å². The van der Waals surface area contributed by atoms with Crippen LogP contribution in [0, 0.1) is 18.8 Å². The Kier molecular flexibility index (Phi) is 4.99. The summed E-state index contributed by atoms with van der Waals surface area (Å²) < 4.78 is 7.97. The molecule has 2 saturated heterocycles. The number of piperidine rings is 2. The molecular formula is C22H27N5O2S. The number of rotatable bonds is 4. The monoisotopic (exact) mass is 425 g/mol. The van der Waals surface area contributed by atoms with Crippen molar-refractivity contribution in [2.45, 2.75) is 58.2 Å². The number of aromatic nitrogens is 4. The number of fused-ring (bicyclic) bond motifs is 2. The molecule has 30 heavy (non-hydrogen) atoms. The van der Waals surface area contributed by atoms with Crippen molar-refractivity contribution in [1.82, 2.24) is 25.3 Å². The molecule has 4 unspecified atom stereocenters. The molecule has 4 heterocycles. The fourth-order valence-electron chi connectivity index (χ4n) is 4.79. The summed E-state index contributed by atoms with van der Waals surface area (Å²) in [6.07, 6.45) is 5.32. The van der Waals surface area contributed by atoms with Crippen LogP contribution in [0.3, 0.4) is 0 Å². The molecule has 0 spiro atoms. The van der Waals surface area contributed by atoms with Crippen molar-refractivity contribution in [3.8, 4) is 27.2 Å². The second-order valence-corrected chi connectivity index (χ2v) is 9.70. The summed E-state index contributed by atoms with van der Waals surface area (Å²) in [6.45, 7) is 6.59. The maximum atomic E-state index is 10.6. The minimum absolute atomic E-state index is 0.155. The van der Waals surface area contributed by atoms with Gasteiger partial charge in [0.2, 0.25) is 0 Å². The summed E-state index contributed by atoms with van der Waals surface area (Å²) in [5.41, 5.74) is 2.38. The number of hydrogen-bond acceptors (Lipinski definition) is 7. The zero-order valence-corrected chi connectivity index (χ0v) is 18.3. The molecule has 8 heteroatoms. The number of hydrogen-bond donors (Lipinski definition) is 2. The normalized spacial score (nSPS) is 28.4. The second-order valence-electron chi connectivity index (χ2n) is 8.76. The van der Waals surface area contributed by atoms with E-state index in [4.69, 9.17) is 4.74 Å². The largest absolute Gasteiger partial charge is 0.507 e. The third-order valence-electron chi connectivity index (χ3n) is 6.45. The van der Waals surface area contributed by atoms with E-state index in [1.54, 1.807) is 10.7 Å². The summed E-state index contributed by atoms with van der Waals surface area (Å²) in [7, 11) is 0. The number of nitrogens with one attached hydrogen (secondary N) is 1. The molecule has 158 valence electrons. The first-order chi connectivity index (χ1) is 14.5. The number of nitrogens with zero attached hydrogens (tertiary/aromatic N) is 4. The summed E-state index contributed by atoms with van der Waals surface area (Å²) in [6, 6.07) is 8.42. The Morgan fingerprint density at radius 3 is 2.53 bits per heavy atom. The third kappa shape index (κ3) is 3.70. The molecule has 0 radical (unpaired) electrons. The predicted octanol–water partition coefficient (Wildman–Crippen LogP) is 3.95. The van der Waals surface area contributed by atoms with Gasteiger partial charge in [-0.25, -0.2) is 4.68 Å². The van der Waals surface area contributed by atoms with Gasteiger partial charge in [-0.3, -0.25) is 0 Å². The summed E-state index contributed by atoms with van der Waals surface area (Å²) in [5.74, 6) is 1.49. The van der Waals surface area contributed by atoms with Crippen molar-refractivity contribution in [3.05, 3.63) is 36.2 Å². The van der Waals surface area contributed by atoms with Crippen LogP contribution in [0.2, 0.25) is 0 Å². The number of phenolic OH excluding ortho intramolecular Hbond substituents is 1. The molecule has 3 aromatic rings. The average molecular weight is 426 g/mol. The van der Waals surface area contributed by atoms with Crippen molar-refractivity contribution in [3.63, 3.8) is 0 Å². The van der Waals surface area contributed by atoms with E-state index in [2.05, 4.69) is 34.5 Å². The van der Waals surface area contributed by atoms with E-state index in [9.17, 15) is 5.11 Å². The van der Waals surface area contributed by atoms with E-state index in [1.165, 1.54) is 17.8 Å². The van der Waals surface area contributed by atoms with Gasteiger partial charge in [-0.15, -0.1) is 5.10 Å². The number of ether oxygens (including phenoxy) is 1. The topological polar surface area (TPSA) is 85.1 Å². The molecule has 0 amide bonds. The fraction of sp³-hybridized carbons (Fsp3) is 0.500. The van der Waals surface area contributed by atoms with Crippen molar-refractivity contribution in [1.29, 1.82) is 0 Å². The average Bonchev–Trinajstić information content (AvgIpc) is 3.35. The molecule has 7 nitrogen and oxygen atoms in total. The molecule has 2 bridgehead atoms. The van der Waals surface area contributed by atoms with Gasteiger partial charge in [-0.1, -0.05) is 30.3 Å². The van der Waals surface area contributed by atoms with Crippen molar-refractivity contribution < 1.29 is 9.84 Å². The lowest BCUT2D eigenvalue weighted by Crippen LogP contribution is -2.57. The van der Waals surface area contributed by atoms with Gasteiger partial charge < -0.3 is 15.2 Å². The zero-order valence-electron chi connectivity index (χ0n) is 17.4. The summed E-state index contributed by atoms with van der Waals surface area (Å²) >= 11 is 1.38. The third-order valence-corrected chi connectivity index (χ3v) is 7.30. The molecule has 4 atom stereocenters. The fourth-order valence-corrected chi connectivity index (χ4v) is 5.58. The lowest BCUT2D eigenvalue weighted by molar-refractivity contribution is 0.0455. The maximum Gasteiger partial charge on any atom is 0.294 e. The van der Waals surface area contributed by atoms with Gasteiger partial charge in [-0.2, -0.15) is 5.10 Å². The van der Waals surface area contributed by atoms with E-state index in [1.807, 2.05) is 31.3 Å². The van der Waals surface area contributed by atoms with Crippen LogP contribution in [-0.2, 0) is 0 Å². The van der Waals surface area contributed by atoms with Crippen molar-refractivity contribution in [2.75, 3.05) is 0 Å². The van der Waals surface area contributed by atoms with Gasteiger partial charge in [-0.05, 0) is 43.4 Å². The lowest BCUT2D eigenvalue weighted by Gasteiger charge is -2.46. The van der Waals surface area contributed by atoms with Crippen LogP contribution >= 0.6 is 11.3 Å². The molecule has 2 N–H and O–H groups in total. The molecule has 2 aliphatic heterocycles. The standard InChI is InChI=1S/C22H27N5O2S/c1-12-8-13(2)19-11-16(10-18(12)23-19)29-22-25-24-21(30-22)17-5-4-15(9-20(17)28)27-7-6-14(3)26-27/h4-7,9,12-13,16,18-19,23,28H,8,10-11H2,1-3H3. The van der Waals surface area contributed by atoms with Crippen LogP contribution < -0.4 is 10.1 Å². The Morgan fingerprint density at radius 2 is 1.87 bits per heavy atom. The quantitative estimate of drug-likeness (QED) is 0.658. The first-order valence-corrected chi connectivity index (χ1v) is 11.4. The Balaban J connectivity index is 1.31. The number of aromatic hydroxyl groups is 1. The highest BCUT2D eigenvalue weighted by atomic mass is 32.1. The van der Waals surface area contributed by atoms with Crippen LogP contribution in [0.25, 0.3) is 16.3 Å². The van der Waals surface area contributed by atoms with Crippen molar-refractivity contribution in [2.24, 2.45) is 11.8 Å². The first-order valence-electron chi connectivity index (χ1n) is 10.6. The van der Waals surface area contributed by atoms with Gasteiger partial charge in [0.05, 0.1) is 16.9 Å². The van der Waals surface area contributed by atoms with E-state index >= 15 is 0 Å². The molecule has 0 aliphatic carbocycles. The minimum atomic E-state index is 0.155. The van der Waals surface area contributed by atoms with E-state index in [0.717, 1.165) is 24.2 Å². The van der Waals surface area contributed by atoms with Crippen LogP contribution in [0.1, 0.15) is 38.8 Å². The predicted molar refractivity (Wildman–Crippen MR) is 116 cm³/mol. The first kappa shape index (κ1) is 19.5. The Bertz CT molecular complexity index is 1030. The summed E-state index contributed by atoms with van der Waals surface area (Å²) in [5, 5.41) is 28.4. The zero-order chi connectivity index (χ0) is 20.8. The van der Waals surface area contributed by atoms with Gasteiger partial charge in [0.1, 0.15) is 11.9 Å². The number of phenols is 1. The molecule has 0 saturated carbocycles. The molecule has 1 aromatic carbocycles. The molecule has 2 aliphatic rings. The lowest BCUT2D eigenvalue weighted by atomic mass is 9.74. The van der Waals surface area contributed by atoms with Crippen LogP contribution in [0.4, 0.5) is 0 Å². The van der Waals surface area contributed by atoms with Crippen LogP contribution in [0.15, 0.2) is 30.5 Å². The van der Waals surface area contributed by atoms with E-state index in [-0.39, 0.29) is 11.9 Å². The Hall–Kier alpha value is -2.45. The Morgan fingerprint density at radius 1 is 1.10 bits per heavy atom. The van der Waals surface area contributed by atoms with Crippen LogP contribution in [0.5, 0.6) is 10.9 Å². The second kappa shape index (κ2) is 7.67. The highest BCUT2D eigenvalue weighted by Gasteiger charge is 2.39. The van der Waals surface area contributed by atoms with Crippen molar-refractivity contribution >= 4 is 11.3 Å². The molecule has 2 fully saturated rings. The molecule has 2 aromatic heterocycles. The minimum Gasteiger partial charge on any atom is -0.507 e. The van der Waals surface area contributed by atoms with E-state index < -0.39 is 0 Å². The molecule has 5 rings (SSSR count). The van der Waals surface area contributed by atoms with Gasteiger partial charge in [0.15, 0.2) is 5.01 Å². The SMILES string of the molecule is Cc1ccn(-c2ccc(-c3nnc(OC4CC5NC(C4)C(C)CC5C)s3)c(O)c2)n1. The number of benzene rings is 1. The summed E-state index contributed by atoms with van der Waals surface area (Å²) in [4.78, 5) is 0. The maximum absolute atomic E-state index is 10.6. The van der Waals surface area contributed by atoms with E-state index in [0.29, 0.717) is 39.7 Å².